The van der Waals surface area contributed by atoms with Gasteiger partial charge in [0.05, 0.1) is 4.92 Å². The number of nitro benzene ring substituents is 1. The van der Waals surface area contributed by atoms with E-state index in [4.69, 9.17) is 0 Å². The summed E-state index contributed by atoms with van der Waals surface area (Å²) in [6.45, 7) is 4.09. The Balaban J connectivity index is 2.93. The number of halogens is 1. The van der Waals surface area contributed by atoms with E-state index in [0.717, 1.165) is 23.7 Å². The first-order valence-corrected chi connectivity index (χ1v) is 7.19. The first-order valence-electron chi connectivity index (χ1n) is 6.40. The maximum atomic E-state index is 11.0. The number of nitrogens with zero attached hydrogens (tertiary/aromatic N) is 1. The molecule has 104 valence electrons. The van der Waals surface area contributed by atoms with Crippen LogP contribution >= 0.6 is 15.9 Å². The molecule has 0 spiro atoms. The maximum absolute atomic E-state index is 11.0. The van der Waals surface area contributed by atoms with E-state index in [-0.39, 0.29) is 16.7 Å². The second-order valence-corrected chi connectivity index (χ2v) is 5.27. The molecule has 1 N–H and O–H groups in total. The van der Waals surface area contributed by atoms with Crippen LogP contribution in [0.3, 0.4) is 0 Å². The molecule has 0 aromatic heterocycles. The minimum Gasteiger partial charge on any atom is -0.376 e. The number of rotatable bonds is 7. The van der Waals surface area contributed by atoms with E-state index in [1.165, 1.54) is 6.07 Å². The van der Waals surface area contributed by atoms with Crippen molar-refractivity contribution in [3.05, 3.63) is 44.9 Å². The fourth-order valence-electron chi connectivity index (χ4n) is 1.90. The maximum Gasteiger partial charge on any atom is 0.292 e. The van der Waals surface area contributed by atoms with E-state index in [2.05, 4.69) is 34.2 Å². The monoisotopic (exact) mass is 326 g/mol. The molecule has 0 bridgehead atoms. The van der Waals surface area contributed by atoms with E-state index < -0.39 is 0 Å². The summed E-state index contributed by atoms with van der Waals surface area (Å²) < 4.78 is 0.835. The van der Waals surface area contributed by atoms with Gasteiger partial charge in [-0.2, -0.15) is 0 Å². The van der Waals surface area contributed by atoms with Gasteiger partial charge in [0, 0.05) is 16.6 Å². The van der Waals surface area contributed by atoms with Crippen LogP contribution in [-0.2, 0) is 0 Å². The Bertz CT molecular complexity index is 461. The molecule has 0 saturated carbocycles. The lowest BCUT2D eigenvalue weighted by molar-refractivity contribution is -0.384. The van der Waals surface area contributed by atoms with E-state index >= 15 is 0 Å². The molecule has 0 saturated heterocycles. The number of allylic oxidation sites excluding steroid dienone is 1. The summed E-state index contributed by atoms with van der Waals surface area (Å²) >= 11 is 3.35. The third-order valence-corrected chi connectivity index (χ3v) is 3.30. The van der Waals surface area contributed by atoms with Crippen LogP contribution in [0.25, 0.3) is 0 Å². The minimum absolute atomic E-state index is 0.116. The summed E-state index contributed by atoms with van der Waals surface area (Å²) in [5.41, 5.74) is 0.687. The van der Waals surface area contributed by atoms with Gasteiger partial charge in [0.25, 0.3) is 5.69 Å². The van der Waals surface area contributed by atoms with Crippen molar-refractivity contribution in [1.82, 2.24) is 0 Å². The normalized spacial score (nSPS) is 12.6. The molecule has 0 heterocycles. The summed E-state index contributed by atoms with van der Waals surface area (Å²) in [7, 11) is 0. The predicted octanol–water partition coefficient (Wildman–Crippen LogP) is 4.90. The number of hydrogen-bond acceptors (Lipinski definition) is 3. The molecule has 0 aliphatic heterocycles. The van der Waals surface area contributed by atoms with E-state index in [1.807, 2.05) is 13.0 Å². The Hall–Kier alpha value is -1.36. The number of nitrogens with one attached hydrogen (secondary N) is 1. The van der Waals surface area contributed by atoms with Crippen LogP contribution in [-0.4, -0.2) is 11.0 Å². The van der Waals surface area contributed by atoms with Crippen molar-refractivity contribution in [3.8, 4) is 0 Å². The first-order chi connectivity index (χ1) is 9.08. The zero-order valence-electron chi connectivity index (χ0n) is 11.2. The minimum atomic E-state index is -0.354. The van der Waals surface area contributed by atoms with Gasteiger partial charge in [-0.3, -0.25) is 10.1 Å². The quantitative estimate of drug-likeness (QED) is 0.440. The Labute approximate surface area is 122 Å². The van der Waals surface area contributed by atoms with Gasteiger partial charge in [-0.05, 0) is 31.9 Å². The van der Waals surface area contributed by atoms with Gasteiger partial charge in [-0.25, -0.2) is 0 Å². The van der Waals surface area contributed by atoms with Crippen molar-refractivity contribution in [3.63, 3.8) is 0 Å². The molecule has 0 aliphatic rings. The molecule has 1 unspecified atom stereocenters. The zero-order valence-corrected chi connectivity index (χ0v) is 12.8. The zero-order chi connectivity index (χ0) is 14.3. The van der Waals surface area contributed by atoms with Crippen LogP contribution in [0.5, 0.6) is 0 Å². The average molecular weight is 327 g/mol. The van der Waals surface area contributed by atoms with Crippen molar-refractivity contribution in [2.24, 2.45) is 0 Å². The molecular formula is C14H19BrN2O2. The fourth-order valence-corrected chi connectivity index (χ4v) is 2.26. The summed E-state index contributed by atoms with van der Waals surface area (Å²) in [6, 6.07) is 5.18. The molecule has 0 radical (unpaired) electrons. The second kappa shape index (κ2) is 7.94. The molecule has 0 fully saturated rings. The molecular weight excluding hydrogens is 308 g/mol. The molecule has 19 heavy (non-hydrogen) atoms. The highest BCUT2D eigenvalue weighted by molar-refractivity contribution is 9.10. The van der Waals surface area contributed by atoms with Gasteiger partial charge in [-0.15, -0.1) is 0 Å². The summed E-state index contributed by atoms with van der Waals surface area (Å²) in [4.78, 5) is 10.7. The fraction of sp³-hybridized carbons (Fsp3) is 0.429. The molecule has 5 heteroatoms. The van der Waals surface area contributed by atoms with E-state index in [1.54, 1.807) is 12.1 Å². The summed E-state index contributed by atoms with van der Waals surface area (Å²) in [5.74, 6) is 0. The second-order valence-electron chi connectivity index (χ2n) is 4.35. The van der Waals surface area contributed by atoms with Crippen molar-refractivity contribution < 1.29 is 4.92 Å². The van der Waals surface area contributed by atoms with Crippen LogP contribution in [0.15, 0.2) is 34.8 Å². The van der Waals surface area contributed by atoms with Crippen LogP contribution in [0.1, 0.15) is 33.1 Å². The third kappa shape index (κ3) is 5.03. The highest BCUT2D eigenvalue weighted by atomic mass is 79.9. The number of nitro groups is 1. The summed E-state index contributed by atoms with van der Waals surface area (Å²) in [6.07, 6.45) is 6.97. The topological polar surface area (TPSA) is 55.2 Å². The van der Waals surface area contributed by atoms with Gasteiger partial charge in [0.2, 0.25) is 0 Å². The highest BCUT2D eigenvalue weighted by Gasteiger charge is 2.16. The van der Waals surface area contributed by atoms with Gasteiger partial charge >= 0.3 is 0 Å². The largest absolute Gasteiger partial charge is 0.376 e. The summed E-state index contributed by atoms with van der Waals surface area (Å²) in [5, 5.41) is 14.3. The van der Waals surface area contributed by atoms with Gasteiger partial charge in [0.1, 0.15) is 5.69 Å². The Morgan fingerprint density at radius 3 is 2.84 bits per heavy atom. The van der Waals surface area contributed by atoms with Crippen LogP contribution < -0.4 is 5.32 Å². The lowest BCUT2D eigenvalue weighted by Crippen LogP contribution is -2.19. The van der Waals surface area contributed by atoms with Crippen LogP contribution in [0, 0.1) is 10.1 Å². The van der Waals surface area contributed by atoms with Crippen LogP contribution in [0.2, 0.25) is 0 Å². The number of benzene rings is 1. The van der Waals surface area contributed by atoms with Crippen molar-refractivity contribution in [2.75, 3.05) is 5.32 Å². The predicted molar refractivity (Wildman–Crippen MR) is 82.5 cm³/mol. The van der Waals surface area contributed by atoms with Crippen LogP contribution in [0.4, 0.5) is 11.4 Å². The van der Waals surface area contributed by atoms with Gasteiger partial charge in [0.15, 0.2) is 0 Å². The van der Waals surface area contributed by atoms with Gasteiger partial charge < -0.3 is 5.32 Å². The lowest BCUT2D eigenvalue weighted by Gasteiger charge is -2.18. The Kier molecular flexibility index (Phi) is 6.56. The molecule has 0 amide bonds. The first kappa shape index (κ1) is 15.7. The molecule has 1 rings (SSSR count). The molecule has 4 nitrogen and oxygen atoms in total. The smallest absolute Gasteiger partial charge is 0.292 e. The SMILES string of the molecule is C/C=C\CC(CCC)Nc1cc(Br)ccc1[N+](=O)[O-]. The van der Waals surface area contributed by atoms with Crippen molar-refractivity contribution in [2.45, 2.75) is 39.2 Å². The number of anilines is 1. The standard InChI is InChI=1S/C14H19BrN2O2/c1-3-5-7-12(6-4-2)16-13-10-11(15)8-9-14(13)17(18)19/h3,5,8-10,12,16H,4,6-7H2,1-2H3/b5-3-. The Morgan fingerprint density at radius 2 is 2.26 bits per heavy atom. The molecule has 0 aliphatic carbocycles. The highest BCUT2D eigenvalue weighted by Crippen LogP contribution is 2.29. The number of hydrogen-bond donors (Lipinski definition) is 1. The lowest BCUT2D eigenvalue weighted by atomic mass is 10.1. The van der Waals surface area contributed by atoms with Crippen molar-refractivity contribution in [1.29, 1.82) is 0 Å². The Morgan fingerprint density at radius 1 is 1.53 bits per heavy atom. The molecule has 1 atom stereocenters. The third-order valence-electron chi connectivity index (χ3n) is 2.81. The average Bonchev–Trinajstić information content (AvgIpc) is 2.36. The molecule has 1 aromatic rings. The molecule has 1 aromatic carbocycles. The van der Waals surface area contributed by atoms with Gasteiger partial charge in [-0.1, -0.05) is 41.4 Å². The van der Waals surface area contributed by atoms with Crippen molar-refractivity contribution >= 4 is 27.3 Å². The van der Waals surface area contributed by atoms with E-state index in [9.17, 15) is 10.1 Å². The van der Waals surface area contributed by atoms with E-state index in [0.29, 0.717) is 5.69 Å².